The van der Waals surface area contributed by atoms with Gasteiger partial charge in [-0.2, -0.15) is 0 Å². The fourth-order valence-electron chi connectivity index (χ4n) is 1.03. The lowest BCUT2D eigenvalue weighted by Gasteiger charge is -2.19. The summed E-state index contributed by atoms with van der Waals surface area (Å²) in [6.45, 7) is 0. The van der Waals surface area contributed by atoms with Crippen LogP contribution in [0, 0.1) is 0 Å². The van der Waals surface area contributed by atoms with Gasteiger partial charge in [-0.1, -0.05) is 6.08 Å². The van der Waals surface area contributed by atoms with Gasteiger partial charge >= 0.3 is 0 Å². The second kappa shape index (κ2) is 3.38. The first-order valence-electron chi connectivity index (χ1n) is 3.81. The van der Waals surface area contributed by atoms with E-state index in [1.54, 1.807) is 0 Å². The van der Waals surface area contributed by atoms with E-state index in [1.807, 2.05) is 0 Å². The van der Waals surface area contributed by atoms with Crippen molar-refractivity contribution >= 4 is 17.7 Å². The molecular formula is C8H10N2O3. The molecule has 0 spiro atoms. The number of carbonyl (C=O) groups excluding carboxylic acids is 3. The van der Waals surface area contributed by atoms with E-state index in [0.29, 0.717) is 0 Å². The first kappa shape index (κ1) is 9.44. The van der Waals surface area contributed by atoms with Crippen molar-refractivity contribution in [2.24, 2.45) is 0 Å². The van der Waals surface area contributed by atoms with Gasteiger partial charge in [-0.3, -0.25) is 19.3 Å². The van der Waals surface area contributed by atoms with E-state index < -0.39 is 11.8 Å². The van der Waals surface area contributed by atoms with Gasteiger partial charge in [-0.25, -0.2) is 0 Å². The number of rotatable bonds is 1. The summed E-state index contributed by atoms with van der Waals surface area (Å²) in [5.41, 5.74) is 0.0320. The Labute approximate surface area is 75.4 Å². The molecule has 13 heavy (non-hydrogen) atoms. The molecule has 0 saturated heterocycles. The largest absolute Gasteiger partial charge is 0.355 e. The number of hydrogen-bond donors (Lipinski definition) is 1. The SMILES string of the molecule is CNC(=O)C1=CCC(=O)N(C)C1=O. The molecule has 1 N–H and O–H groups in total. The van der Waals surface area contributed by atoms with Gasteiger partial charge in [0.2, 0.25) is 5.91 Å². The maximum atomic E-state index is 11.3. The van der Waals surface area contributed by atoms with E-state index in [2.05, 4.69) is 5.32 Å². The molecule has 0 fully saturated rings. The van der Waals surface area contributed by atoms with Crippen molar-refractivity contribution in [3.05, 3.63) is 11.6 Å². The summed E-state index contributed by atoms with van der Waals surface area (Å²) < 4.78 is 0. The van der Waals surface area contributed by atoms with E-state index >= 15 is 0 Å². The Bertz CT molecular complexity index is 307. The highest BCUT2D eigenvalue weighted by Gasteiger charge is 2.28. The topological polar surface area (TPSA) is 66.5 Å². The second-order valence-corrected chi connectivity index (χ2v) is 2.66. The second-order valence-electron chi connectivity index (χ2n) is 2.66. The predicted octanol–water partition coefficient (Wildman–Crippen LogP) is -0.953. The van der Waals surface area contributed by atoms with Gasteiger partial charge in [-0.05, 0) is 0 Å². The fourth-order valence-corrected chi connectivity index (χ4v) is 1.03. The first-order valence-corrected chi connectivity index (χ1v) is 3.81. The molecule has 0 radical (unpaired) electrons. The molecule has 1 heterocycles. The Kier molecular flexibility index (Phi) is 2.46. The third-order valence-corrected chi connectivity index (χ3v) is 1.86. The van der Waals surface area contributed by atoms with Gasteiger partial charge < -0.3 is 5.32 Å². The van der Waals surface area contributed by atoms with Crippen LogP contribution < -0.4 is 5.32 Å². The predicted molar refractivity (Wildman–Crippen MR) is 44.5 cm³/mol. The number of nitrogens with zero attached hydrogens (tertiary/aromatic N) is 1. The van der Waals surface area contributed by atoms with Crippen molar-refractivity contribution in [2.45, 2.75) is 6.42 Å². The first-order chi connectivity index (χ1) is 6.07. The number of imide groups is 1. The van der Waals surface area contributed by atoms with Crippen molar-refractivity contribution in [2.75, 3.05) is 14.1 Å². The summed E-state index contributed by atoms with van der Waals surface area (Å²) in [7, 11) is 2.80. The monoisotopic (exact) mass is 182 g/mol. The summed E-state index contributed by atoms with van der Waals surface area (Å²) in [4.78, 5) is 34.3. The summed E-state index contributed by atoms with van der Waals surface area (Å²) in [6, 6.07) is 0. The lowest BCUT2D eigenvalue weighted by molar-refractivity contribution is -0.141. The molecule has 70 valence electrons. The van der Waals surface area contributed by atoms with Gasteiger partial charge in [0.05, 0.1) is 0 Å². The molecule has 0 aliphatic carbocycles. The number of carbonyl (C=O) groups is 3. The minimum Gasteiger partial charge on any atom is -0.355 e. The van der Waals surface area contributed by atoms with Crippen LogP contribution in [0.1, 0.15) is 6.42 Å². The quantitative estimate of drug-likeness (QED) is 0.420. The molecule has 0 aromatic rings. The highest BCUT2D eigenvalue weighted by molar-refractivity contribution is 6.23. The number of likely N-dealkylation sites (N-methyl/N-ethyl adjacent to an activating group) is 2. The Morgan fingerprint density at radius 2 is 2.15 bits per heavy atom. The minimum absolute atomic E-state index is 0.0320. The maximum Gasteiger partial charge on any atom is 0.265 e. The summed E-state index contributed by atoms with van der Waals surface area (Å²) >= 11 is 0. The van der Waals surface area contributed by atoms with Crippen molar-refractivity contribution in [1.29, 1.82) is 0 Å². The number of hydrogen-bond acceptors (Lipinski definition) is 3. The van der Waals surface area contributed by atoms with E-state index in [0.717, 1.165) is 4.90 Å². The Morgan fingerprint density at radius 3 is 2.69 bits per heavy atom. The summed E-state index contributed by atoms with van der Waals surface area (Å²) in [6.07, 6.45) is 1.45. The van der Waals surface area contributed by atoms with Crippen LogP contribution in [0.25, 0.3) is 0 Å². The lowest BCUT2D eigenvalue weighted by atomic mass is 10.1. The summed E-state index contributed by atoms with van der Waals surface area (Å²) in [5.74, 6) is -1.29. The molecule has 5 heteroatoms. The minimum atomic E-state index is -0.546. The Hall–Kier alpha value is -1.65. The van der Waals surface area contributed by atoms with Crippen molar-refractivity contribution in [3.63, 3.8) is 0 Å². The van der Waals surface area contributed by atoms with Crippen LogP contribution in [0.3, 0.4) is 0 Å². The van der Waals surface area contributed by atoms with Gasteiger partial charge in [0.25, 0.3) is 11.8 Å². The van der Waals surface area contributed by atoms with Crippen LogP contribution in [0.4, 0.5) is 0 Å². The third kappa shape index (κ3) is 1.58. The molecular weight excluding hydrogens is 172 g/mol. The fraction of sp³-hybridized carbons (Fsp3) is 0.375. The molecule has 0 atom stereocenters. The van der Waals surface area contributed by atoms with Crippen LogP contribution in [-0.2, 0) is 14.4 Å². The molecule has 1 aliphatic rings. The summed E-state index contributed by atoms with van der Waals surface area (Å²) in [5, 5.41) is 2.33. The lowest BCUT2D eigenvalue weighted by Crippen LogP contribution is -2.41. The van der Waals surface area contributed by atoms with Crippen LogP contribution in [-0.4, -0.2) is 36.7 Å². The normalized spacial score (nSPS) is 17.1. The van der Waals surface area contributed by atoms with E-state index in [4.69, 9.17) is 0 Å². The van der Waals surface area contributed by atoms with Gasteiger partial charge in [0.1, 0.15) is 5.57 Å². The van der Waals surface area contributed by atoms with E-state index in [9.17, 15) is 14.4 Å². The Balaban J connectivity index is 2.95. The van der Waals surface area contributed by atoms with Gasteiger partial charge in [0.15, 0.2) is 0 Å². The third-order valence-electron chi connectivity index (χ3n) is 1.86. The zero-order valence-electron chi connectivity index (χ0n) is 7.46. The maximum absolute atomic E-state index is 11.3. The van der Waals surface area contributed by atoms with Crippen molar-refractivity contribution in [3.8, 4) is 0 Å². The highest BCUT2D eigenvalue weighted by Crippen LogP contribution is 2.10. The van der Waals surface area contributed by atoms with Gasteiger partial charge in [-0.15, -0.1) is 0 Å². The molecule has 1 rings (SSSR count). The molecule has 0 unspecified atom stereocenters. The highest BCUT2D eigenvalue weighted by atomic mass is 16.2. The van der Waals surface area contributed by atoms with Crippen molar-refractivity contribution < 1.29 is 14.4 Å². The zero-order valence-corrected chi connectivity index (χ0v) is 7.46. The average molecular weight is 182 g/mol. The number of amides is 3. The van der Waals surface area contributed by atoms with Crippen LogP contribution in [0.2, 0.25) is 0 Å². The van der Waals surface area contributed by atoms with Crippen LogP contribution in [0.5, 0.6) is 0 Å². The number of nitrogens with one attached hydrogen (secondary N) is 1. The van der Waals surface area contributed by atoms with Gasteiger partial charge in [0, 0.05) is 20.5 Å². The average Bonchev–Trinajstić information content (AvgIpc) is 2.13. The molecule has 3 amide bonds. The zero-order chi connectivity index (χ0) is 10.0. The molecule has 0 aromatic heterocycles. The van der Waals surface area contributed by atoms with Crippen LogP contribution >= 0.6 is 0 Å². The van der Waals surface area contributed by atoms with E-state index in [1.165, 1.54) is 20.2 Å². The molecule has 0 saturated carbocycles. The standard InChI is InChI=1S/C8H10N2O3/c1-9-7(12)5-3-4-6(11)10(2)8(5)13/h3H,4H2,1-2H3,(H,9,12). The van der Waals surface area contributed by atoms with Crippen LogP contribution in [0.15, 0.2) is 11.6 Å². The van der Waals surface area contributed by atoms with Crippen molar-refractivity contribution in [1.82, 2.24) is 10.2 Å². The molecule has 5 nitrogen and oxygen atoms in total. The molecule has 0 aromatic carbocycles. The van der Waals surface area contributed by atoms with E-state index in [-0.39, 0.29) is 17.9 Å². The Morgan fingerprint density at radius 1 is 1.54 bits per heavy atom. The molecule has 0 bridgehead atoms. The smallest absolute Gasteiger partial charge is 0.265 e. The molecule has 1 aliphatic heterocycles.